The molecule has 0 aliphatic heterocycles. The molecule has 18 heavy (non-hydrogen) atoms. The minimum atomic E-state index is -3.53. The average Bonchev–Trinajstić information content (AvgIpc) is 2.73. The lowest BCUT2D eigenvalue weighted by molar-refractivity contribution is 0.178. The van der Waals surface area contributed by atoms with Crippen LogP contribution in [-0.2, 0) is 10.0 Å². The number of nitrogens with zero attached hydrogens (tertiary/aromatic N) is 1. The molecule has 1 saturated carbocycles. The molecule has 1 aliphatic carbocycles. The van der Waals surface area contributed by atoms with E-state index >= 15 is 0 Å². The van der Waals surface area contributed by atoms with E-state index in [9.17, 15) is 13.5 Å². The van der Waals surface area contributed by atoms with Crippen LogP contribution in [0.15, 0.2) is 23.2 Å². The number of nitrogens with two attached hydrogens (primary N) is 1. The number of aromatic nitrogens is 1. The highest BCUT2D eigenvalue weighted by atomic mass is 32.2. The van der Waals surface area contributed by atoms with Crippen molar-refractivity contribution in [3.8, 4) is 0 Å². The fraction of sp³-hybridized carbons (Fsp3) is 0.545. The first-order chi connectivity index (χ1) is 8.47. The predicted octanol–water partition coefficient (Wildman–Crippen LogP) is 0.103. The van der Waals surface area contributed by atoms with Gasteiger partial charge in [-0.15, -0.1) is 0 Å². The van der Waals surface area contributed by atoms with Crippen LogP contribution in [0.2, 0.25) is 0 Å². The lowest BCUT2D eigenvalue weighted by atomic mass is 10.1. The van der Waals surface area contributed by atoms with Gasteiger partial charge >= 0.3 is 0 Å². The van der Waals surface area contributed by atoms with Crippen molar-refractivity contribution in [1.29, 1.82) is 0 Å². The molecule has 4 N–H and O–H groups in total. The quantitative estimate of drug-likeness (QED) is 0.720. The molecule has 2 rings (SSSR count). The van der Waals surface area contributed by atoms with Gasteiger partial charge in [0, 0.05) is 12.7 Å². The van der Waals surface area contributed by atoms with Crippen LogP contribution in [0.3, 0.4) is 0 Å². The third-order valence-electron chi connectivity index (χ3n) is 3.15. The summed E-state index contributed by atoms with van der Waals surface area (Å²) in [7, 11) is -3.53. The lowest BCUT2D eigenvalue weighted by Gasteiger charge is -2.11. The molecule has 0 aromatic carbocycles. The highest BCUT2D eigenvalue weighted by Crippen LogP contribution is 2.25. The molecule has 1 aromatic heterocycles. The number of sulfonamides is 1. The number of hydrogen-bond acceptors (Lipinski definition) is 5. The van der Waals surface area contributed by atoms with Gasteiger partial charge in [0.2, 0.25) is 10.0 Å². The molecule has 0 spiro atoms. The summed E-state index contributed by atoms with van der Waals surface area (Å²) < 4.78 is 26.4. The summed E-state index contributed by atoms with van der Waals surface area (Å²) in [5, 5.41) is 9.38. The first kappa shape index (κ1) is 13.3. The summed E-state index contributed by atoms with van der Waals surface area (Å²) in [6.07, 6.45) is 3.20. The minimum absolute atomic E-state index is 0.107. The van der Waals surface area contributed by atoms with Crippen LogP contribution in [0.1, 0.15) is 19.3 Å². The molecule has 0 saturated heterocycles. The van der Waals surface area contributed by atoms with E-state index in [0.717, 1.165) is 12.8 Å². The Hall–Kier alpha value is -1.18. The Labute approximate surface area is 106 Å². The second-order valence-electron chi connectivity index (χ2n) is 4.60. The SMILES string of the molecule is Nc1ccc(S(=O)(=O)NCC2CCC(O)C2)cn1. The average molecular weight is 271 g/mol. The third kappa shape index (κ3) is 3.18. The van der Waals surface area contributed by atoms with Crippen molar-refractivity contribution in [2.24, 2.45) is 5.92 Å². The summed E-state index contributed by atoms with van der Waals surface area (Å²) in [5.41, 5.74) is 5.40. The summed E-state index contributed by atoms with van der Waals surface area (Å²) >= 11 is 0. The maximum atomic E-state index is 11.9. The molecule has 1 aromatic rings. The Morgan fingerprint density at radius 1 is 1.44 bits per heavy atom. The second-order valence-corrected chi connectivity index (χ2v) is 6.37. The monoisotopic (exact) mass is 271 g/mol. The summed E-state index contributed by atoms with van der Waals surface area (Å²) in [6.45, 7) is 0.351. The standard InChI is InChI=1S/C11H17N3O3S/c12-11-4-3-10(7-13-11)18(16,17)14-6-8-1-2-9(15)5-8/h3-4,7-9,14-15H,1-2,5-6H2,(H2,12,13). The van der Waals surface area contributed by atoms with Gasteiger partial charge in [-0.25, -0.2) is 18.1 Å². The first-order valence-corrected chi connectivity index (χ1v) is 7.35. The number of rotatable bonds is 4. The van der Waals surface area contributed by atoms with Gasteiger partial charge in [0.1, 0.15) is 10.7 Å². The van der Waals surface area contributed by atoms with Crippen molar-refractivity contribution in [3.63, 3.8) is 0 Å². The van der Waals surface area contributed by atoms with Crippen molar-refractivity contribution in [2.75, 3.05) is 12.3 Å². The van der Waals surface area contributed by atoms with E-state index in [1.54, 1.807) is 0 Å². The summed E-state index contributed by atoms with van der Waals surface area (Å²) in [5.74, 6) is 0.490. The highest BCUT2D eigenvalue weighted by Gasteiger charge is 2.24. The zero-order chi connectivity index (χ0) is 13.2. The number of nitrogens with one attached hydrogen (secondary N) is 1. The smallest absolute Gasteiger partial charge is 0.242 e. The van der Waals surface area contributed by atoms with Gasteiger partial charge in [-0.2, -0.15) is 0 Å². The number of anilines is 1. The van der Waals surface area contributed by atoms with Crippen molar-refractivity contribution in [2.45, 2.75) is 30.3 Å². The molecule has 0 bridgehead atoms. The number of aliphatic hydroxyl groups is 1. The first-order valence-electron chi connectivity index (χ1n) is 5.86. The van der Waals surface area contributed by atoms with Gasteiger partial charge < -0.3 is 10.8 Å². The van der Waals surface area contributed by atoms with Crippen molar-refractivity contribution >= 4 is 15.8 Å². The molecule has 7 heteroatoms. The Morgan fingerprint density at radius 3 is 2.78 bits per heavy atom. The molecule has 0 radical (unpaired) electrons. The highest BCUT2D eigenvalue weighted by molar-refractivity contribution is 7.89. The van der Waals surface area contributed by atoms with Crippen LogP contribution < -0.4 is 10.5 Å². The fourth-order valence-electron chi connectivity index (χ4n) is 2.10. The largest absolute Gasteiger partial charge is 0.393 e. The molecular weight excluding hydrogens is 254 g/mol. The van der Waals surface area contributed by atoms with E-state index in [1.807, 2.05) is 0 Å². The van der Waals surface area contributed by atoms with Crippen molar-refractivity contribution in [3.05, 3.63) is 18.3 Å². The summed E-state index contributed by atoms with van der Waals surface area (Å²) in [6, 6.07) is 2.88. The number of pyridine rings is 1. The van der Waals surface area contributed by atoms with E-state index in [0.29, 0.717) is 13.0 Å². The number of nitrogen functional groups attached to an aromatic ring is 1. The zero-order valence-corrected chi connectivity index (χ0v) is 10.7. The van der Waals surface area contributed by atoms with Crippen LogP contribution in [0, 0.1) is 5.92 Å². The lowest BCUT2D eigenvalue weighted by Crippen LogP contribution is -2.29. The van der Waals surface area contributed by atoms with Gasteiger partial charge in [0.15, 0.2) is 0 Å². The molecule has 0 amide bonds. The number of aliphatic hydroxyl groups excluding tert-OH is 1. The van der Waals surface area contributed by atoms with Gasteiger partial charge in [-0.05, 0) is 37.3 Å². The van der Waals surface area contributed by atoms with E-state index in [-0.39, 0.29) is 22.7 Å². The van der Waals surface area contributed by atoms with Crippen LogP contribution >= 0.6 is 0 Å². The van der Waals surface area contributed by atoms with Gasteiger partial charge in [-0.3, -0.25) is 0 Å². The van der Waals surface area contributed by atoms with E-state index in [4.69, 9.17) is 5.73 Å². The van der Waals surface area contributed by atoms with Gasteiger partial charge in [-0.1, -0.05) is 0 Å². The Kier molecular flexibility index (Phi) is 3.84. The normalized spacial score (nSPS) is 24.3. The second kappa shape index (κ2) is 5.21. The molecular formula is C11H17N3O3S. The molecule has 1 aliphatic rings. The molecule has 100 valence electrons. The molecule has 1 heterocycles. The van der Waals surface area contributed by atoms with Crippen LogP contribution in [-0.4, -0.2) is 31.2 Å². The topological polar surface area (TPSA) is 105 Å². The Balaban J connectivity index is 1.97. The Bertz CT molecular complexity index is 501. The predicted molar refractivity (Wildman–Crippen MR) is 67.2 cm³/mol. The van der Waals surface area contributed by atoms with E-state index < -0.39 is 10.0 Å². The van der Waals surface area contributed by atoms with E-state index in [2.05, 4.69) is 9.71 Å². The molecule has 2 unspecified atom stereocenters. The van der Waals surface area contributed by atoms with Crippen LogP contribution in [0.25, 0.3) is 0 Å². The van der Waals surface area contributed by atoms with Crippen LogP contribution in [0.4, 0.5) is 5.82 Å². The minimum Gasteiger partial charge on any atom is -0.393 e. The summed E-state index contributed by atoms with van der Waals surface area (Å²) in [4.78, 5) is 3.86. The number of hydrogen-bond donors (Lipinski definition) is 3. The maximum absolute atomic E-state index is 11.9. The van der Waals surface area contributed by atoms with Gasteiger partial charge in [0.25, 0.3) is 0 Å². The molecule has 1 fully saturated rings. The third-order valence-corrected chi connectivity index (χ3v) is 4.55. The molecule has 6 nitrogen and oxygen atoms in total. The zero-order valence-electron chi connectivity index (χ0n) is 9.91. The van der Waals surface area contributed by atoms with Crippen molar-refractivity contribution < 1.29 is 13.5 Å². The van der Waals surface area contributed by atoms with Crippen molar-refractivity contribution in [1.82, 2.24) is 9.71 Å². The maximum Gasteiger partial charge on any atom is 0.242 e. The van der Waals surface area contributed by atoms with Gasteiger partial charge in [0.05, 0.1) is 6.10 Å². The van der Waals surface area contributed by atoms with E-state index in [1.165, 1.54) is 18.3 Å². The Morgan fingerprint density at radius 2 is 2.22 bits per heavy atom. The van der Waals surface area contributed by atoms with Crippen LogP contribution in [0.5, 0.6) is 0 Å². The molecule has 2 atom stereocenters. The fourth-order valence-corrected chi connectivity index (χ4v) is 3.16.